The predicted octanol–water partition coefficient (Wildman–Crippen LogP) is 4.04. The molecule has 2 fully saturated rings. The summed E-state index contributed by atoms with van der Waals surface area (Å²) in [5, 5.41) is 3.90. The number of nitrogens with zero attached hydrogens (tertiary/aromatic N) is 1. The first-order valence-corrected chi connectivity index (χ1v) is 8.95. The van der Waals surface area contributed by atoms with Crippen LogP contribution >= 0.6 is 22.6 Å². The molecule has 1 saturated carbocycles. The van der Waals surface area contributed by atoms with Gasteiger partial charge in [0.05, 0.1) is 0 Å². The van der Waals surface area contributed by atoms with E-state index in [2.05, 4.69) is 70.9 Å². The molecule has 1 unspecified atom stereocenters. The summed E-state index contributed by atoms with van der Waals surface area (Å²) in [6, 6.07) is 9.61. The Balaban J connectivity index is 1.89. The Morgan fingerprint density at radius 3 is 2.70 bits per heavy atom. The quantitative estimate of drug-likeness (QED) is 0.775. The van der Waals surface area contributed by atoms with Gasteiger partial charge < -0.3 is 10.2 Å². The Hall–Kier alpha value is -0.290. The van der Waals surface area contributed by atoms with Crippen molar-refractivity contribution in [2.75, 3.05) is 18.0 Å². The monoisotopic (exact) mass is 384 g/mol. The Labute approximate surface area is 136 Å². The van der Waals surface area contributed by atoms with Gasteiger partial charge in [-0.1, -0.05) is 32.8 Å². The largest absolute Gasteiger partial charge is 0.365 e. The molecule has 2 aliphatic rings. The highest BCUT2D eigenvalue weighted by Crippen LogP contribution is 2.36. The highest BCUT2D eigenvalue weighted by Gasteiger charge is 2.41. The average Bonchev–Trinajstić information content (AvgIpc) is 2.86. The summed E-state index contributed by atoms with van der Waals surface area (Å²) < 4.78 is 1.33. The van der Waals surface area contributed by atoms with Crippen LogP contribution < -0.4 is 10.2 Å². The van der Waals surface area contributed by atoms with Crippen LogP contribution in [0.2, 0.25) is 0 Å². The Morgan fingerprint density at radius 2 is 2.05 bits per heavy atom. The first-order valence-electron chi connectivity index (χ1n) is 7.87. The number of rotatable bonds is 2. The molecule has 1 aromatic rings. The van der Waals surface area contributed by atoms with E-state index >= 15 is 0 Å². The summed E-state index contributed by atoms with van der Waals surface area (Å²) in [4.78, 5) is 2.68. The Bertz CT molecular complexity index is 466. The molecule has 1 aliphatic heterocycles. The first-order chi connectivity index (χ1) is 9.60. The summed E-state index contributed by atoms with van der Waals surface area (Å²) in [6.07, 6.45) is 5.47. The second-order valence-corrected chi connectivity index (χ2v) is 8.03. The molecular weight excluding hydrogens is 359 g/mol. The van der Waals surface area contributed by atoms with E-state index in [1.165, 1.54) is 41.5 Å². The van der Waals surface area contributed by atoms with Crippen molar-refractivity contribution in [2.24, 2.45) is 5.92 Å². The molecule has 1 atom stereocenters. The van der Waals surface area contributed by atoms with Crippen molar-refractivity contribution in [3.8, 4) is 0 Å². The minimum Gasteiger partial charge on any atom is -0.365 e. The fourth-order valence-corrected chi connectivity index (χ4v) is 4.38. The van der Waals surface area contributed by atoms with Crippen molar-refractivity contribution < 1.29 is 0 Å². The van der Waals surface area contributed by atoms with Crippen LogP contribution in [0.15, 0.2) is 24.3 Å². The Morgan fingerprint density at radius 1 is 1.30 bits per heavy atom. The standard InChI is InChI=1S/C17H25IN2/c1-13(2)16-11-19-17(8-3-4-9-17)12-20(16)15-7-5-6-14(18)10-15/h5-7,10,13,16,19H,3-4,8-9,11-12H2,1-2H3. The van der Waals surface area contributed by atoms with E-state index < -0.39 is 0 Å². The number of anilines is 1. The highest BCUT2D eigenvalue weighted by atomic mass is 127. The maximum Gasteiger partial charge on any atom is 0.0438 e. The van der Waals surface area contributed by atoms with Crippen LogP contribution in [-0.4, -0.2) is 24.7 Å². The van der Waals surface area contributed by atoms with Crippen LogP contribution in [0, 0.1) is 9.49 Å². The summed E-state index contributed by atoms with van der Waals surface area (Å²) in [5.41, 5.74) is 1.79. The van der Waals surface area contributed by atoms with Gasteiger partial charge in [-0.05, 0) is 59.5 Å². The second-order valence-electron chi connectivity index (χ2n) is 6.79. The lowest BCUT2D eigenvalue weighted by Crippen LogP contribution is -2.64. The number of hydrogen-bond donors (Lipinski definition) is 1. The molecule has 1 aliphatic carbocycles. The molecular formula is C17H25IN2. The van der Waals surface area contributed by atoms with E-state index in [1.54, 1.807) is 0 Å². The topological polar surface area (TPSA) is 15.3 Å². The number of halogens is 1. The van der Waals surface area contributed by atoms with Gasteiger partial charge in [-0.15, -0.1) is 0 Å². The van der Waals surface area contributed by atoms with Crippen LogP contribution in [0.5, 0.6) is 0 Å². The zero-order chi connectivity index (χ0) is 14.2. The van der Waals surface area contributed by atoms with Crippen molar-refractivity contribution in [3.63, 3.8) is 0 Å². The maximum atomic E-state index is 3.90. The van der Waals surface area contributed by atoms with Crippen molar-refractivity contribution in [2.45, 2.75) is 51.1 Å². The molecule has 0 radical (unpaired) electrons. The van der Waals surface area contributed by atoms with Gasteiger partial charge in [0.1, 0.15) is 0 Å². The Kier molecular flexibility index (Phi) is 4.27. The van der Waals surface area contributed by atoms with Gasteiger partial charge in [-0.25, -0.2) is 0 Å². The lowest BCUT2D eigenvalue weighted by atomic mass is 9.88. The van der Waals surface area contributed by atoms with Gasteiger partial charge in [-0.2, -0.15) is 0 Å². The third-order valence-corrected chi connectivity index (χ3v) is 5.70. The molecule has 1 heterocycles. The molecule has 1 spiro atoms. The molecule has 1 saturated heterocycles. The van der Waals surface area contributed by atoms with E-state index in [0.717, 1.165) is 6.54 Å². The fraction of sp³-hybridized carbons (Fsp3) is 0.647. The molecule has 0 aromatic heterocycles. The third-order valence-electron chi connectivity index (χ3n) is 5.03. The van der Waals surface area contributed by atoms with E-state index in [-0.39, 0.29) is 0 Å². The van der Waals surface area contributed by atoms with Gasteiger partial charge in [0, 0.05) is 33.9 Å². The minimum absolute atomic E-state index is 0.382. The molecule has 0 bridgehead atoms. The molecule has 0 amide bonds. The smallest absolute Gasteiger partial charge is 0.0438 e. The number of nitrogens with one attached hydrogen (secondary N) is 1. The lowest BCUT2D eigenvalue weighted by molar-refractivity contribution is 0.245. The van der Waals surface area contributed by atoms with Gasteiger partial charge in [0.15, 0.2) is 0 Å². The van der Waals surface area contributed by atoms with Gasteiger partial charge in [0.2, 0.25) is 0 Å². The van der Waals surface area contributed by atoms with E-state index in [1.807, 2.05) is 0 Å². The molecule has 1 N–H and O–H groups in total. The normalized spacial score (nSPS) is 25.6. The predicted molar refractivity (Wildman–Crippen MR) is 94.3 cm³/mol. The summed E-state index contributed by atoms with van der Waals surface area (Å²) in [7, 11) is 0. The van der Waals surface area contributed by atoms with Crippen LogP contribution in [-0.2, 0) is 0 Å². The molecule has 110 valence electrons. The highest BCUT2D eigenvalue weighted by molar-refractivity contribution is 14.1. The lowest BCUT2D eigenvalue weighted by Gasteiger charge is -2.49. The first kappa shape index (κ1) is 14.6. The maximum absolute atomic E-state index is 3.90. The molecule has 20 heavy (non-hydrogen) atoms. The van der Waals surface area contributed by atoms with Crippen LogP contribution in [0.1, 0.15) is 39.5 Å². The van der Waals surface area contributed by atoms with E-state index in [0.29, 0.717) is 17.5 Å². The van der Waals surface area contributed by atoms with E-state index in [4.69, 9.17) is 0 Å². The molecule has 3 heteroatoms. The molecule has 1 aromatic carbocycles. The van der Waals surface area contributed by atoms with Crippen LogP contribution in [0.4, 0.5) is 5.69 Å². The SMILES string of the molecule is CC(C)C1CNC2(CCCC2)CN1c1cccc(I)c1. The van der Waals surface area contributed by atoms with Crippen LogP contribution in [0.3, 0.4) is 0 Å². The summed E-state index contributed by atoms with van der Waals surface area (Å²) >= 11 is 2.42. The van der Waals surface area contributed by atoms with Crippen molar-refractivity contribution >= 4 is 28.3 Å². The molecule has 2 nitrogen and oxygen atoms in total. The number of hydrogen-bond acceptors (Lipinski definition) is 2. The van der Waals surface area contributed by atoms with Gasteiger partial charge in [0.25, 0.3) is 0 Å². The minimum atomic E-state index is 0.382. The van der Waals surface area contributed by atoms with Crippen LogP contribution in [0.25, 0.3) is 0 Å². The second kappa shape index (κ2) is 5.84. The van der Waals surface area contributed by atoms with Gasteiger partial charge in [-0.3, -0.25) is 0 Å². The van der Waals surface area contributed by atoms with Gasteiger partial charge >= 0.3 is 0 Å². The van der Waals surface area contributed by atoms with Crippen molar-refractivity contribution in [1.29, 1.82) is 0 Å². The summed E-state index contributed by atoms with van der Waals surface area (Å²) in [5.74, 6) is 0.680. The van der Waals surface area contributed by atoms with E-state index in [9.17, 15) is 0 Å². The summed E-state index contributed by atoms with van der Waals surface area (Å²) in [6.45, 7) is 7.00. The third kappa shape index (κ3) is 2.84. The average molecular weight is 384 g/mol. The molecule has 3 rings (SSSR count). The number of benzene rings is 1. The fourth-order valence-electron chi connectivity index (χ4n) is 3.85. The zero-order valence-electron chi connectivity index (χ0n) is 12.5. The van der Waals surface area contributed by atoms with Crippen molar-refractivity contribution in [3.05, 3.63) is 27.8 Å². The zero-order valence-corrected chi connectivity index (χ0v) is 14.7. The van der Waals surface area contributed by atoms with Crippen molar-refractivity contribution in [1.82, 2.24) is 5.32 Å². The number of piperazine rings is 1.